The van der Waals surface area contributed by atoms with Crippen LogP contribution < -0.4 is 4.74 Å². The van der Waals surface area contributed by atoms with E-state index in [1.807, 2.05) is 6.07 Å². The number of carbonyl (C=O) groups is 1. The highest BCUT2D eigenvalue weighted by Crippen LogP contribution is 2.23. The van der Waals surface area contributed by atoms with Gasteiger partial charge in [0.2, 0.25) is 0 Å². The molecule has 0 saturated heterocycles. The molecule has 0 aliphatic carbocycles. The van der Waals surface area contributed by atoms with Gasteiger partial charge in [0.1, 0.15) is 5.75 Å². The van der Waals surface area contributed by atoms with Gasteiger partial charge >= 0.3 is 5.97 Å². The zero-order chi connectivity index (χ0) is 13.8. The Bertz CT molecular complexity index is 662. The highest BCUT2D eigenvalue weighted by Gasteiger charge is 2.13. The highest BCUT2D eigenvalue weighted by atomic mass is 79.9. The Kier molecular flexibility index (Phi) is 4.20. The molecule has 0 amide bonds. The summed E-state index contributed by atoms with van der Waals surface area (Å²) in [7, 11) is 0. The second-order valence-electron chi connectivity index (χ2n) is 3.65. The fourth-order valence-corrected chi connectivity index (χ4v) is 1.97. The summed E-state index contributed by atoms with van der Waals surface area (Å²) in [5, 5.41) is 9.00. The van der Waals surface area contributed by atoms with E-state index in [0.717, 1.165) is 4.47 Å². The number of hydrogen-bond donors (Lipinski definition) is 0. The summed E-state index contributed by atoms with van der Waals surface area (Å²) < 4.78 is 5.92. The van der Waals surface area contributed by atoms with Gasteiger partial charge in [-0.15, -0.1) is 0 Å². The molecule has 19 heavy (non-hydrogen) atoms. The smallest absolute Gasteiger partial charge is 0.345 e. The quantitative estimate of drug-likeness (QED) is 0.610. The number of halogens is 2. The number of carbonyl (C=O) groups excluding carboxylic acids is 1. The third-order valence-corrected chi connectivity index (χ3v) is 3.17. The van der Waals surface area contributed by atoms with Crippen molar-refractivity contribution >= 4 is 33.5 Å². The number of esters is 1. The number of nitrogens with zero attached hydrogens (tertiary/aromatic N) is 1. The zero-order valence-electron chi connectivity index (χ0n) is 9.56. The van der Waals surface area contributed by atoms with Crippen molar-refractivity contribution in [3.05, 3.63) is 63.1 Å². The van der Waals surface area contributed by atoms with Crippen molar-refractivity contribution < 1.29 is 9.53 Å². The molecule has 94 valence electrons. The van der Waals surface area contributed by atoms with Gasteiger partial charge in [-0.2, -0.15) is 5.26 Å². The summed E-state index contributed by atoms with van der Waals surface area (Å²) in [5.41, 5.74) is 0.778. The van der Waals surface area contributed by atoms with Gasteiger partial charge in [0.05, 0.1) is 22.2 Å². The molecule has 0 saturated carbocycles. The Balaban J connectivity index is 2.21. The molecule has 0 aliphatic rings. The first-order chi connectivity index (χ1) is 9.10. The predicted octanol–water partition coefficient (Wildman–Crippen LogP) is 4.19. The van der Waals surface area contributed by atoms with Crippen LogP contribution in [0.5, 0.6) is 5.75 Å². The second-order valence-corrected chi connectivity index (χ2v) is 4.97. The molecule has 2 rings (SSSR count). The highest BCUT2D eigenvalue weighted by molar-refractivity contribution is 9.10. The van der Waals surface area contributed by atoms with Gasteiger partial charge in [-0.25, -0.2) is 4.79 Å². The van der Waals surface area contributed by atoms with Gasteiger partial charge in [0.25, 0.3) is 0 Å². The van der Waals surface area contributed by atoms with Crippen LogP contribution in [0.25, 0.3) is 0 Å². The standard InChI is InChI=1S/C14H7BrClNO2/c15-10-3-6-13(16)12(7-10)14(18)19-11-4-1-9(8-17)2-5-11/h1-7H. The molecule has 0 aromatic heterocycles. The van der Waals surface area contributed by atoms with Crippen LogP contribution in [0.2, 0.25) is 5.02 Å². The van der Waals surface area contributed by atoms with Crippen molar-refractivity contribution in [3.63, 3.8) is 0 Å². The SMILES string of the molecule is N#Cc1ccc(OC(=O)c2cc(Br)ccc2Cl)cc1. The first-order valence-corrected chi connectivity index (χ1v) is 6.44. The van der Waals surface area contributed by atoms with E-state index >= 15 is 0 Å². The molecule has 0 spiro atoms. The Labute approximate surface area is 123 Å². The molecule has 0 aliphatic heterocycles. The minimum atomic E-state index is -0.545. The Morgan fingerprint density at radius 3 is 2.53 bits per heavy atom. The van der Waals surface area contributed by atoms with Crippen LogP contribution in [-0.4, -0.2) is 5.97 Å². The average Bonchev–Trinajstić information content (AvgIpc) is 2.42. The lowest BCUT2D eigenvalue weighted by Crippen LogP contribution is -2.09. The van der Waals surface area contributed by atoms with Crippen LogP contribution in [0.1, 0.15) is 15.9 Å². The van der Waals surface area contributed by atoms with Crippen LogP contribution in [0.4, 0.5) is 0 Å². The maximum absolute atomic E-state index is 11.9. The molecule has 3 nitrogen and oxygen atoms in total. The van der Waals surface area contributed by atoms with E-state index in [1.54, 1.807) is 42.5 Å². The third kappa shape index (κ3) is 3.34. The summed E-state index contributed by atoms with van der Waals surface area (Å²) in [6.07, 6.45) is 0. The number of nitriles is 1. The van der Waals surface area contributed by atoms with E-state index < -0.39 is 5.97 Å². The average molecular weight is 337 g/mol. The van der Waals surface area contributed by atoms with E-state index in [4.69, 9.17) is 21.6 Å². The van der Waals surface area contributed by atoms with Gasteiger partial charge in [-0.3, -0.25) is 0 Å². The van der Waals surface area contributed by atoms with Crippen LogP contribution in [0.3, 0.4) is 0 Å². The number of rotatable bonds is 2. The molecule has 2 aromatic rings. The van der Waals surface area contributed by atoms with E-state index in [1.165, 1.54) is 0 Å². The van der Waals surface area contributed by atoms with Gasteiger partial charge in [0, 0.05) is 4.47 Å². The van der Waals surface area contributed by atoms with E-state index in [2.05, 4.69) is 15.9 Å². The molecule has 0 bridgehead atoms. The van der Waals surface area contributed by atoms with Gasteiger partial charge < -0.3 is 4.74 Å². The molecular weight excluding hydrogens is 330 g/mol. The van der Waals surface area contributed by atoms with Crippen molar-refractivity contribution in [3.8, 4) is 11.8 Å². The molecular formula is C14H7BrClNO2. The van der Waals surface area contributed by atoms with Crippen LogP contribution in [0.15, 0.2) is 46.9 Å². The lowest BCUT2D eigenvalue weighted by Gasteiger charge is -2.06. The molecule has 0 unspecified atom stereocenters. The fourth-order valence-electron chi connectivity index (χ4n) is 1.41. The Hall–Kier alpha value is -1.83. The van der Waals surface area contributed by atoms with Crippen molar-refractivity contribution in [2.24, 2.45) is 0 Å². The normalized spacial score (nSPS) is 9.74. The summed E-state index contributed by atoms with van der Waals surface area (Å²) in [4.78, 5) is 11.9. The first-order valence-electron chi connectivity index (χ1n) is 5.27. The van der Waals surface area contributed by atoms with E-state index in [0.29, 0.717) is 16.3 Å². The maximum Gasteiger partial charge on any atom is 0.345 e. The molecule has 0 fully saturated rings. The number of ether oxygens (including phenoxy) is 1. The minimum absolute atomic E-state index is 0.278. The van der Waals surface area contributed by atoms with Crippen LogP contribution >= 0.6 is 27.5 Å². The lowest BCUT2D eigenvalue weighted by atomic mass is 10.2. The van der Waals surface area contributed by atoms with Crippen molar-refractivity contribution in [1.82, 2.24) is 0 Å². The summed E-state index contributed by atoms with van der Waals surface area (Å²) >= 11 is 9.21. The van der Waals surface area contributed by atoms with E-state index in [9.17, 15) is 4.79 Å². The topological polar surface area (TPSA) is 50.1 Å². The number of hydrogen-bond acceptors (Lipinski definition) is 3. The number of benzene rings is 2. The largest absolute Gasteiger partial charge is 0.423 e. The van der Waals surface area contributed by atoms with Crippen LogP contribution in [-0.2, 0) is 0 Å². The third-order valence-electron chi connectivity index (χ3n) is 2.34. The first kappa shape index (κ1) is 13.6. The summed E-state index contributed by atoms with van der Waals surface area (Å²) in [6, 6.07) is 13.2. The van der Waals surface area contributed by atoms with Crippen molar-refractivity contribution in [1.29, 1.82) is 5.26 Å². The van der Waals surface area contributed by atoms with Crippen LogP contribution in [0, 0.1) is 11.3 Å². The molecule has 0 atom stereocenters. The Morgan fingerprint density at radius 2 is 1.89 bits per heavy atom. The molecule has 0 radical (unpaired) electrons. The van der Waals surface area contributed by atoms with Gasteiger partial charge in [-0.05, 0) is 42.5 Å². The van der Waals surface area contributed by atoms with Crippen molar-refractivity contribution in [2.45, 2.75) is 0 Å². The molecule has 0 heterocycles. The van der Waals surface area contributed by atoms with Crippen molar-refractivity contribution in [2.75, 3.05) is 0 Å². The van der Waals surface area contributed by atoms with Gasteiger partial charge in [-0.1, -0.05) is 27.5 Å². The lowest BCUT2D eigenvalue weighted by molar-refractivity contribution is 0.0735. The molecule has 2 aromatic carbocycles. The minimum Gasteiger partial charge on any atom is -0.423 e. The second kappa shape index (κ2) is 5.87. The summed E-state index contributed by atoms with van der Waals surface area (Å²) in [6.45, 7) is 0. The summed E-state index contributed by atoms with van der Waals surface area (Å²) in [5.74, 6) is -0.184. The fraction of sp³-hybridized carbons (Fsp3) is 0. The monoisotopic (exact) mass is 335 g/mol. The maximum atomic E-state index is 11.9. The van der Waals surface area contributed by atoms with Gasteiger partial charge in [0.15, 0.2) is 0 Å². The predicted molar refractivity (Wildman–Crippen MR) is 75.3 cm³/mol. The molecule has 5 heteroatoms. The van der Waals surface area contributed by atoms with E-state index in [-0.39, 0.29) is 5.56 Å². The zero-order valence-corrected chi connectivity index (χ0v) is 11.9. The molecule has 0 N–H and O–H groups in total. The Morgan fingerprint density at radius 1 is 1.21 bits per heavy atom.